The van der Waals surface area contributed by atoms with Crippen molar-refractivity contribution in [2.75, 3.05) is 0 Å². The summed E-state index contributed by atoms with van der Waals surface area (Å²) in [5.74, 6) is -1.60. The van der Waals surface area contributed by atoms with Gasteiger partial charge in [0, 0.05) is 23.2 Å². The molecule has 5 heteroatoms. The molecule has 0 aromatic heterocycles. The Labute approximate surface area is 121 Å². The van der Waals surface area contributed by atoms with E-state index in [0.29, 0.717) is 22.7 Å². The van der Waals surface area contributed by atoms with Crippen LogP contribution in [0.5, 0.6) is 5.75 Å². The molecule has 1 atom stereocenters. The zero-order chi connectivity index (χ0) is 14.7. The van der Waals surface area contributed by atoms with Crippen molar-refractivity contribution >= 4 is 11.6 Å². The molecule has 0 saturated carbocycles. The first-order valence-electron chi connectivity index (χ1n) is 6.13. The lowest BCUT2D eigenvalue weighted by molar-refractivity contribution is 0.459. The molecule has 106 valence electrons. The van der Waals surface area contributed by atoms with Crippen LogP contribution >= 0.6 is 11.6 Å². The molecule has 2 rings (SSSR count). The molecule has 2 aromatic rings. The Hall–Kier alpha value is -1.65. The number of phenols is 1. The van der Waals surface area contributed by atoms with Gasteiger partial charge in [-0.25, -0.2) is 8.78 Å². The second-order valence-electron chi connectivity index (χ2n) is 4.55. The molecular formula is C15H14ClF2NO. The maximum Gasteiger partial charge on any atom is 0.159 e. The van der Waals surface area contributed by atoms with Crippen molar-refractivity contribution in [3.63, 3.8) is 0 Å². The maximum atomic E-state index is 13.2. The summed E-state index contributed by atoms with van der Waals surface area (Å²) < 4.78 is 26.0. The van der Waals surface area contributed by atoms with Gasteiger partial charge in [0.1, 0.15) is 5.75 Å². The van der Waals surface area contributed by atoms with Crippen LogP contribution in [0.25, 0.3) is 0 Å². The molecule has 1 unspecified atom stereocenters. The van der Waals surface area contributed by atoms with Crippen molar-refractivity contribution in [2.24, 2.45) is 0 Å². The van der Waals surface area contributed by atoms with Crippen molar-refractivity contribution in [3.05, 3.63) is 64.2 Å². The van der Waals surface area contributed by atoms with Gasteiger partial charge in [-0.2, -0.15) is 0 Å². The lowest BCUT2D eigenvalue weighted by Gasteiger charge is -2.15. The van der Waals surface area contributed by atoms with E-state index < -0.39 is 11.6 Å². The van der Waals surface area contributed by atoms with E-state index in [1.54, 1.807) is 12.1 Å². The van der Waals surface area contributed by atoms with Gasteiger partial charge in [-0.1, -0.05) is 17.7 Å². The molecular weight excluding hydrogens is 284 g/mol. The Morgan fingerprint density at radius 3 is 2.60 bits per heavy atom. The Bertz CT molecular complexity index is 619. The Morgan fingerprint density at radius 1 is 1.15 bits per heavy atom. The van der Waals surface area contributed by atoms with Crippen molar-refractivity contribution in [3.8, 4) is 5.75 Å². The molecule has 2 N–H and O–H groups in total. The van der Waals surface area contributed by atoms with Gasteiger partial charge in [-0.15, -0.1) is 0 Å². The summed E-state index contributed by atoms with van der Waals surface area (Å²) in [7, 11) is 0. The van der Waals surface area contributed by atoms with E-state index in [1.165, 1.54) is 12.1 Å². The third-order valence-electron chi connectivity index (χ3n) is 3.08. The smallest absolute Gasteiger partial charge is 0.159 e. The van der Waals surface area contributed by atoms with Gasteiger partial charge >= 0.3 is 0 Å². The van der Waals surface area contributed by atoms with Gasteiger partial charge in [0.25, 0.3) is 0 Å². The summed E-state index contributed by atoms with van der Waals surface area (Å²) in [6.07, 6.45) is 0. The average molecular weight is 298 g/mol. The summed E-state index contributed by atoms with van der Waals surface area (Å²) in [4.78, 5) is 0. The van der Waals surface area contributed by atoms with E-state index >= 15 is 0 Å². The molecule has 0 aliphatic rings. The van der Waals surface area contributed by atoms with Crippen LogP contribution in [0, 0.1) is 11.6 Å². The predicted octanol–water partition coefficient (Wildman–Crippen LogP) is 4.17. The fourth-order valence-corrected chi connectivity index (χ4v) is 2.05. The normalized spacial score (nSPS) is 12.4. The lowest BCUT2D eigenvalue weighted by Crippen LogP contribution is -2.18. The minimum absolute atomic E-state index is 0.138. The minimum Gasteiger partial charge on any atom is -0.508 e. The van der Waals surface area contributed by atoms with Crippen molar-refractivity contribution in [1.29, 1.82) is 0 Å². The largest absolute Gasteiger partial charge is 0.508 e. The lowest BCUT2D eigenvalue weighted by atomic mass is 10.1. The molecule has 0 radical (unpaired) electrons. The first-order chi connectivity index (χ1) is 9.47. The van der Waals surface area contributed by atoms with Crippen molar-refractivity contribution < 1.29 is 13.9 Å². The quantitative estimate of drug-likeness (QED) is 0.887. The van der Waals surface area contributed by atoms with Crippen LogP contribution in [0.15, 0.2) is 36.4 Å². The molecule has 0 amide bonds. The van der Waals surface area contributed by atoms with E-state index in [-0.39, 0.29) is 11.8 Å². The highest BCUT2D eigenvalue weighted by atomic mass is 35.5. The van der Waals surface area contributed by atoms with Crippen LogP contribution in [0.3, 0.4) is 0 Å². The first kappa shape index (κ1) is 14.8. The Morgan fingerprint density at radius 2 is 1.90 bits per heavy atom. The maximum absolute atomic E-state index is 13.2. The number of rotatable bonds is 4. The van der Waals surface area contributed by atoms with Gasteiger partial charge < -0.3 is 10.4 Å². The molecule has 0 saturated heterocycles. The number of phenolic OH excluding ortho intramolecular Hbond substituents is 1. The van der Waals surface area contributed by atoms with Gasteiger partial charge in [0.05, 0.1) is 0 Å². The van der Waals surface area contributed by atoms with E-state index in [0.717, 1.165) is 12.1 Å². The zero-order valence-corrected chi connectivity index (χ0v) is 11.6. The van der Waals surface area contributed by atoms with Gasteiger partial charge in [0.2, 0.25) is 0 Å². The minimum atomic E-state index is -0.873. The highest BCUT2D eigenvalue weighted by molar-refractivity contribution is 6.30. The Balaban J connectivity index is 2.06. The predicted molar refractivity (Wildman–Crippen MR) is 74.7 cm³/mol. The van der Waals surface area contributed by atoms with E-state index in [4.69, 9.17) is 11.6 Å². The second kappa shape index (κ2) is 6.20. The molecule has 0 aliphatic heterocycles. The molecule has 20 heavy (non-hydrogen) atoms. The van der Waals surface area contributed by atoms with Gasteiger partial charge in [-0.3, -0.25) is 0 Å². The number of halogens is 3. The number of benzene rings is 2. The number of nitrogens with one attached hydrogen (secondary N) is 1. The molecule has 0 fully saturated rings. The summed E-state index contributed by atoms with van der Waals surface area (Å²) in [6.45, 7) is 2.20. The van der Waals surface area contributed by atoms with E-state index in [9.17, 15) is 13.9 Å². The Kier molecular flexibility index (Phi) is 4.57. The standard InChI is InChI=1S/C15H14ClF2NO/c1-9(10-2-4-13(17)14(18)7-10)19-8-11-6-12(16)3-5-15(11)20/h2-7,9,19-20H,8H2,1H3. The highest BCUT2D eigenvalue weighted by Gasteiger charge is 2.10. The molecule has 0 bridgehead atoms. The molecule has 0 aliphatic carbocycles. The van der Waals surface area contributed by atoms with Crippen LogP contribution in [0.1, 0.15) is 24.1 Å². The number of hydrogen-bond acceptors (Lipinski definition) is 2. The average Bonchev–Trinajstić information content (AvgIpc) is 2.42. The highest BCUT2D eigenvalue weighted by Crippen LogP contribution is 2.23. The van der Waals surface area contributed by atoms with Gasteiger partial charge in [0.15, 0.2) is 11.6 Å². The van der Waals surface area contributed by atoms with Crippen LogP contribution in [0.2, 0.25) is 5.02 Å². The summed E-state index contributed by atoms with van der Waals surface area (Å²) in [6, 6.07) is 8.35. The van der Waals surface area contributed by atoms with Crippen molar-refractivity contribution in [1.82, 2.24) is 5.32 Å². The third-order valence-corrected chi connectivity index (χ3v) is 3.32. The second-order valence-corrected chi connectivity index (χ2v) is 4.99. The van der Waals surface area contributed by atoms with E-state index in [1.807, 2.05) is 6.92 Å². The fourth-order valence-electron chi connectivity index (χ4n) is 1.86. The molecule has 0 spiro atoms. The molecule has 0 heterocycles. The fraction of sp³-hybridized carbons (Fsp3) is 0.200. The SMILES string of the molecule is CC(NCc1cc(Cl)ccc1O)c1ccc(F)c(F)c1. The van der Waals surface area contributed by atoms with Crippen molar-refractivity contribution in [2.45, 2.75) is 19.5 Å². The molecule has 2 aromatic carbocycles. The first-order valence-corrected chi connectivity index (χ1v) is 6.51. The van der Waals surface area contributed by atoms with Crippen LogP contribution < -0.4 is 5.32 Å². The summed E-state index contributed by atoms with van der Waals surface area (Å²) >= 11 is 5.86. The van der Waals surface area contributed by atoms with Gasteiger partial charge in [-0.05, 0) is 42.8 Å². The topological polar surface area (TPSA) is 32.3 Å². The molecule has 2 nitrogen and oxygen atoms in total. The zero-order valence-electron chi connectivity index (χ0n) is 10.8. The number of hydrogen-bond donors (Lipinski definition) is 2. The third kappa shape index (κ3) is 3.46. The number of aromatic hydroxyl groups is 1. The summed E-state index contributed by atoms with van der Waals surface area (Å²) in [5.41, 5.74) is 1.28. The van der Waals surface area contributed by atoms with Crippen LogP contribution in [-0.2, 0) is 6.54 Å². The summed E-state index contributed by atoms with van der Waals surface area (Å²) in [5, 5.41) is 13.3. The monoisotopic (exact) mass is 297 g/mol. The van der Waals surface area contributed by atoms with Crippen LogP contribution in [0.4, 0.5) is 8.78 Å². The van der Waals surface area contributed by atoms with Crippen LogP contribution in [-0.4, -0.2) is 5.11 Å². The van der Waals surface area contributed by atoms with E-state index in [2.05, 4.69) is 5.32 Å².